The number of nitrogens with zero attached hydrogens (tertiary/aromatic N) is 3. The van der Waals surface area contributed by atoms with Gasteiger partial charge in [-0.25, -0.2) is 14.5 Å². The van der Waals surface area contributed by atoms with Crippen LogP contribution in [0.3, 0.4) is 0 Å². The number of carbonyl (C=O) groups is 2. The fourth-order valence-corrected chi connectivity index (χ4v) is 3.44. The van der Waals surface area contributed by atoms with Crippen LogP contribution >= 0.6 is 0 Å². The van der Waals surface area contributed by atoms with E-state index in [1.807, 2.05) is 60.7 Å². The van der Waals surface area contributed by atoms with Crippen molar-refractivity contribution in [2.75, 3.05) is 25.1 Å². The summed E-state index contributed by atoms with van der Waals surface area (Å²) in [7, 11) is 0. The quantitative estimate of drug-likeness (QED) is 0.443. The highest BCUT2D eigenvalue weighted by atomic mass is 16.6. The van der Waals surface area contributed by atoms with Crippen LogP contribution in [-0.4, -0.2) is 46.5 Å². The Morgan fingerprint density at radius 2 is 1.62 bits per heavy atom. The number of amides is 1. The summed E-state index contributed by atoms with van der Waals surface area (Å²) in [4.78, 5) is 29.4. The van der Waals surface area contributed by atoms with E-state index in [0.717, 1.165) is 11.3 Å². The topological polar surface area (TPSA) is 105 Å². The molecule has 1 N–H and O–H groups in total. The third-order valence-corrected chi connectivity index (χ3v) is 4.98. The van der Waals surface area contributed by atoms with Gasteiger partial charge in [-0.3, -0.25) is 4.79 Å². The van der Waals surface area contributed by atoms with Gasteiger partial charge in [-0.2, -0.15) is 0 Å². The van der Waals surface area contributed by atoms with Crippen molar-refractivity contribution in [2.45, 2.75) is 0 Å². The Kier molecular flexibility index (Phi) is 5.89. The smallest absolute Gasteiger partial charge is 0.378 e. The summed E-state index contributed by atoms with van der Waals surface area (Å²) in [6.45, 7) is 0.429. The molecule has 0 saturated heterocycles. The second kappa shape index (κ2) is 9.45. The lowest BCUT2D eigenvalue weighted by atomic mass is 10.2. The molecule has 0 bridgehead atoms. The minimum atomic E-state index is -0.802. The molecule has 9 nitrogen and oxygen atoms in total. The first-order valence-electron chi connectivity index (χ1n) is 10.6. The molecule has 1 amide bonds. The Bertz CT molecular complexity index is 1260. The van der Waals surface area contributed by atoms with Gasteiger partial charge in [0.1, 0.15) is 13.2 Å². The van der Waals surface area contributed by atoms with Crippen molar-refractivity contribution in [3.05, 3.63) is 84.7 Å². The predicted molar refractivity (Wildman–Crippen MR) is 123 cm³/mol. The van der Waals surface area contributed by atoms with E-state index in [0.29, 0.717) is 36.2 Å². The number of benzene rings is 3. The second-order valence-corrected chi connectivity index (χ2v) is 7.36. The zero-order valence-corrected chi connectivity index (χ0v) is 18.0. The molecule has 0 aliphatic carbocycles. The van der Waals surface area contributed by atoms with Gasteiger partial charge in [-0.05, 0) is 24.3 Å². The standard InChI is InChI=1S/C25H20N4O5/c30-22(26-18-11-12-20-21(15-18)33-14-13-32-20)16-34-25(31)23-27-24(17-7-3-1-4-8-17)29(28-23)19-9-5-2-6-10-19/h1-12,15H,13-14,16H2,(H,26,30). The number of hydrogen-bond donors (Lipinski definition) is 1. The van der Waals surface area contributed by atoms with Crippen LogP contribution in [0.5, 0.6) is 11.5 Å². The summed E-state index contributed by atoms with van der Waals surface area (Å²) in [5, 5.41) is 7.01. The number of esters is 1. The number of fused-ring (bicyclic) bond motifs is 1. The van der Waals surface area contributed by atoms with E-state index in [4.69, 9.17) is 14.2 Å². The van der Waals surface area contributed by atoms with E-state index < -0.39 is 18.5 Å². The fraction of sp³-hybridized carbons (Fsp3) is 0.120. The molecule has 0 radical (unpaired) electrons. The lowest BCUT2D eigenvalue weighted by Gasteiger charge is -2.18. The number of aromatic nitrogens is 3. The van der Waals surface area contributed by atoms with Gasteiger partial charge in [0.25, 0.3) is 11.7 Å². The first kappa shape index (κ1) is 21.2. The number of carbonyl (C=O) groups excluding carboxylic acids is 2. The van der Waals surface area contributed by atoms with Gasteiger partial charge in [-0.1, -0.05) is 48.5 Å². The van der Waals surface area contributed by atoms with Crippen molar-refractivity contribution in [3.63, 3.8) is 0 Å². The Balaban J connectivity index is 1.29. The Labute approximate surface area is 194 Å². The number of para-hydroxylation sites is 1. The summed E-state index contributed by atoms with van der Waals surface area (Å²) in [5.41, 5.74) is 2.03. The minimum Gasteiger partial charge on any atom is -0.486 e. The van der Waals surface area contributed by atoms with Crippen molar-refractivity contribution in [1.82, 2.24) is 14.8 Å². The van der Waals surface area contributed by atoms with Crippen LogP contribution in [0.4, 0.5) is 5.69 Å². The third-order valence-electron chi connectivity index (χ3n) is 4.98. The molecule has 34 heavy (non-hydrogen) atoms. The average Bonchev–Trinajstić information content (AvgIpc) is 3.34. The molecule has 0 fully saturated rings. The molecular formula is C25H20N4O5. The van der Waals surface area contributed by atoms with Crippen LogP contribution in [0.1, 0.15) is 10.6 Å². The van der Waals surface area contributed by atoms with Crippen molar-refractivity contribution in [3.8, 4) is 28.6 Å². The molecule has 1 aromatic heterocycles. The molecule has 0 saturated carbocycles. The Morgan fingerprint density at radius 3 is 2.38 bits per heavy atom. The second-order valence-electron chi connectivity index (χ2n) is 7.36. The van der Waals surface area contributed by atoms with Gasteiger partial charge in [0, 0.05) is 17.3 Å². The molecule has 3 aromatic carbocycles. The van der Waals surface area contributed by atoms with Gasteiger partial charge in [0.2, 0.25) is 0 Å². The van der Waals surface area contributed by atoms with Crippen molar-refractivity contribution in [1.29, 1.82) is 0 Å². The molecule has 5 rings (SSSR count). The molecule has 4 aromatic rings. The fourth-order valence-electron chi connectivity index (χ4n) is 3.44. The van der Waals surface area contributed by atoms with Crippen molar-refractivity contribution in [2.24, 2.45) is 0 Å². The number of nitrogens with one attached hydrogen (secondary N) is 1. The maximum absolute atomic E-state index is 12.6. The first-order valence-corrected chi connectivity index (χ1v) is 10.6. The van der Waals surface area contributed by atoms with Crippen LogP contribution < -0.4 is 14.8 Å². The lowest BCUT2D eigenvalue weighted by Crippen LogP contribution is -2.22. The molecule has 9 heteroatoms. The molecule has 170 valence electrons. The highest BCUT2D eigenvalue weighted by Crippen LogP contribution is 2.32. The van der Waals surface area contributed by atoms with Gasteiger partial charge in [-0.15, -0.1) is 5.10 Å². The maximum atomic E-state index is 12.6. The van der Waals surface area contributed by atoms with Crippen LogP contribution in [0.2, 0.25) is 0 Å². The van der Waals surface area contributed by atoms with Crippen LogP contribution in [0.25, 0.3) is 17.1 Å². The molecule has 0 spiro atoms. The van der Waals surface area contributed by atoms with Gasteiger partial charge < -0.3 is 19.5 Å². The molecule has 1 aliphatic rings. The van der Waals surface area contributed by atoms with Crippen LogP contribution in [0, 0.1) is 0 Å². The molecule has 1 aliphatic heterocycles. The summed E-state index contributed by atoms with van der Waals surface area (Å²) in [5.74, 6) is 0.199. The SMILES string of the molecule is O=C(COC(=O)c1nc(-c2ccccc2)n(-c2ccccc2)n1)Nc1ccc2c(c1)OCCO2. The maximum Gasteiger partial charge on any atom is 0.378 e. The number of anilines is 1. The molecule has 0 unspecified atom stereocenters. The highest BCUT2D eigenvalue weighted by molar-refractivity contribution is 5.94. The van der Waals surface area contributed by atoms with Crippen molar-refractivity contribution < 1.29 is 23.8 Å². The zero-order chi connectivity index (χ0) is 23.3. The summed E-state index contributed by atoms with van der Waals surface area (Å²) < 4.78 is 17.7. The Hall–Kier alpha value is -4.66. The average molecular weight is 456 g/mol. The van der Waals surface area contributed by atoms with E-state index in [1.165, 1.54) is 0 Å². The van der Waals surface area contributed by atoms with E-state index in [9.17, 15) is 9.59 Å². The van der Waals surface area contributed by atoms with Gasteiger partial charge in [0.15, 0.2) is 23.9 Å². The summed E-state index contributed by atoms with van der Waals surface area (Å²) in [6.07, 6.45) is 0. The number of ether oxygens (including phenoxy) is 3. The van der Waals surface area contributed by atoms with E-state index in [1.54, 1.807) is 22.9 Å². The molecular weight excluding hydrogens is 436 g/mol. The van der Waals surface area contributed by atoms with E-state index in [2.05, 4.69) is 15.4 Å². The van der Waals surface area contributed by atoms with E-state index in [-0.39, 0.29) is 5.82 Å². The van der Waals surface area contributed by atoms with Gasteiger partial charge >= 0.3 is 5.97 Å². The number of rotatable bonds is 6. The zero-order valence-electron chi connectivity index (χ0n) is 18.0. The third kappa shape index (κ3) is 4.58. The molecule has 2 heterocycles. The highest BCUT2D eigenvalue weighted by Gasteiger charge is 2.21. The lowest BCUT2D eigenvalue weighted by molar-refractivity contribution is -0.119. The summed E-state index contributed by atoms with van der Waals surface area (Å²) in [6, 6.07) is 23.8. The predicted octanol–water partition coefficient (Wildman–Crippen LogP) is 3.50. The number of hydrogen-bond acceptors (Lipinski definition) is 7. The van der Waals surface area contributed by atoms with Crippen LogP contribution in [0.15, 0.2) is 78.9 Å². The first-order chi connectivity index (χ1) is 16.7. The van der Waals surface area contributed by atoms with Crippen LogP contribution in [-0.2, 0) is 9.53 Å². The Morgan fingerprint density at radius 1 is 0.912 bits per heavy atom. The van der Waals surface area contributed by atoms with Crippen molar-refractivity contribution >= 4 is 17.6 Å². The van der Waals surface area contributed by atoms with E-state index >= 15 is 0 Å². The minimum absolute atomic E-state index is 0.144. The van der Waals surface area contributed by atoms with Gasteiger partial charge in [0.05, 0.1) is 5.69 Å². The normalized spacial score (nSPS) is 12.1. The monoisotopic (exact) mass is 456 g/mol. The largest absolute Gasteiger partial charge is 0.486 e. The molecule has 0 atom stereocenters. The summed E-state index contributed by atoms with van der Waals surface area (Å²) >= 11 is 0.